The zero-order chi connectivity index (χ0) is 21.6. The van der Waals surface area contributed by atoms with Gasteiger partial charge in [0.1, 0.15) is 11.6 Å². The van der Waals surface area contributed by atoms with E-state index in [4.69, 9.17) is 9.84 Å². The molecule has 0 spiro atoms. The Kier molecular flexibility index (Phi) is 6.73. The van der Waals surface area contributed by atoms with Gasteiger partial charge in [0.2, 0.25) is 5.95 Å². The van der Waals surface area contributed by atoms with Crippen LogP contribution in [0.2, 0.25) is 0 Å². The van der Waals surface area contributed by atoms with Gasteiger partial charge in [-0.05, 0) is 24.6 Å². The van der Waals surface area contributed by atoms with Gasteiger partial charge >= 0.3 is 6.18 Å². The highest BCUT2D eigenvalue weighted by atomic mass is 19.4. The Balaban J connectivity index is 1.95. The zero-order valence-electron chi connectivity index (χ0n) is 16.2. The molecule has 6 nitrogen and oxygen atoms in total. The van der Waals surface area contributed by atoms with Gasteiger partial charge in [-0.15, -0.1) is 0 Å². The molecule has 0 fully saturated rings. The first kappa shape index (κ1) is 21.4. The maximum absolute atomic E-state index is 13.3. The fourth-order valence-electron chi connectivity index (χ4n) is 2.78. The smallest absolute Gasteiger partial charge is 0.420 e. The lowest BCUT2D eigenvalue weighted by molar-refractivity contribution is -0.138. The van der Waals surface area contributed by atoms with E-state index in [0.717, 1.165) is 11.6 Å². The molecule has 158 valence electrons. The van der Waals surface area contributed by atoms with Crippen molar-refractivity contribution in [1.29, 1.82) is 0 Å². The van der Waals surface area contributed by atoms with Crippen LogP contribution < -0.4 is 15.4 Å². The fourth-order valence-corrected chi connectivity index (χ4v) is 2.78. The topological polar surface area (TPSA) is 79.3 Å². The van der Waals surface area contributed by atoms with Gasteiger partial charge in [0.25, 0.3) is 0 Å². The van der Waals surface area contributed by atoms with Gasteiger partial charge < -0.3 is 20.5 Å². The molecule has 0 aliphatic carbocycles. The van der Waals surface area contributed by atoms with E-state index in [-0.39, 0.29) is 18.0 Å². The lowest BCUT2D eigenvalue weighted by Gasteiger charge is -2.15. The average Bonchev–Trinajstić information content (AvgIpc) is 2.74. The molecule has 3 N–H and O–H groups in total. The van der Waals surface area contributed by atoms with Crippen LogP contribution in [-0.4, -0.2) is 35.3 Å². The minimum atomic E-state index is -4.55. The number of hydrogen-bond acceptors (Lipinski definition) is 6. The summed E-state index contributed by atoms with van der Waals surface area (Å²) in [7, 11) is 1.19. The lowest BCUT2D eigenvalue weighted by Crippen LogP contribution is -2.10. The van der Waals surface area contributed by atoms with Gasteiger partial charge in [0, 0.05) is 30.5 Å². The summed E-state index contributed by atoms with van der Waals surface area (Å²) < 4.78 is 44.8. The number of alkyl halides is 3. The van der Waals surface area contributed by atoms with Crippen molar-refractivity contribution < 1.29 is 23.0 Å². The SMILES string of the molecule is COc1ccc(Nc2cc(-c3ccccc3)nc(NCCCO)n2)cc1C(F)(F)F. The maximum Gasteiger partial charge on any atom is 0.420 e. The number of nitrogens with zero attached hydrogens (tertiary/aromatic N) is 2. The summed E-state index contributed by atoms with van der Waals surface area (Å²) in [6.07, 6.45) is -4.05. The van der Waals surface area contributed by atoms with Gasteiger partial charge in [0.05, 0.1) is 18.4 Å². The summed E-state index contributed by atoms with van der Waals surface area (Å²) >= 11 is 0. The molecule has 0 unspecified atom stereocenters. The second-order valence-electron chi connectivity index (χ2n) is 6.37. The van der Waals surface area contributed by atoms with Crippen LogP contribution in [0.25, 0.3) is 11.3 Å². The number of nitrogens with one attached hydrogen (secondary N) is 2. The molecule has 0 atom stereocenters. The van der Waals surface area contributed by atoms with Crippen molar-refractivity contribution in [2.45, 2.75) is 12.6 Å². The molecule has 0 aliphatic heterocycles. The summed E-state index contributed by atoms with van der Waals surface area (Å²) in [5.41, 5.74) is 0.763. The van der Waals surface area contributed by atoms with Crippen molar-refractivity contribution in [2.75, 3.05) is 30.9 Å². The first-order valence-corrected chi connectivity index (χ1v) is 9.22. The second kappa shape index (κ2) is 9.45. The van der Waals surface area contributed by atoms with Crippen LogP contribution in [0, 0.1) is 0 Å². The highest BCUT2D eigenvalue weighted by Crippen LogP contribution is 2.38. The number of halogens is 3. The Morgan fingerprint density at radius 1 is 1.03 bits per heavy atom. The first-order valence-electron chi connectivity index (χ1n) is 9.22. The molecule has 3 aromatic rings. The molecule has 0 radical (unpaired) electrons. The van der Waals surface area contributed by atoms with Crippen LogP contribution in [0.3, 0.4) is 0 Å². The van der Waals surface area contributed by atoms with E-state index >= 15 is 0 Å². The monoisotopic (exact) mass is 418 g/mol. The molecule has 9 heteroatoms. The van der Waals surface area contributed by atoms with Crippen LogP contribution in [0.4, 0.5) is 30.6 Å². The number of methoxy groups -OCH3 is 1. The third kappa shape index (κ3) is 5.38. The molecular weight excluding hydrogens is 397 g/mol. The molecular formula is C21H21F3N4O2. The Morgan fingerprint density at radius 2 is 1.80 bits per heavy atom. The Hall–Kier alpha value is -3.33. The van der Waals surface area contributed by atoms with E-state index in [0.29, 0.717) is 30.4 Å². The number of hydrogen-bond donors (Lipinski definition) is 3. The predicted octanol–water partition coefficient (Wildman–Crippen LogP) is 4.71. The van der Waals surface area contributed by atoms with Crippen LogP contribution in [0.15, 0.2) is 54.6 Å². The van der Waals surface area contributed by atoms with Crippen molar-refractivity contribution in [1.82, 2.24) is 9.97 Å². The van der Waals surface area contributed by atoms with Crippen molar-refractivity contribution in [3.63, 3.8) is 0 Å². The molecule has 0 saturated heterocycles. The summed E-state index contributed by atoms with van der Waals surface area (Å²) in [5.74, 6) is 0.373. The molecule has 0 bridgehead atoms. The van der Waals surface area contributed by atoms with Gasteiger partial charge in [-0.25, -0.2) is 4.98 Å². The van der Waals surface area contributed by atoms with Crippen molar-refractivity contribution in [3.8, 4) is 17.0 Å². The Bertz CT molecular complexity index is 982. The van der Waals surface area contributed by atoms with Crippen molar-refractivity contribution in [3.05, 3.63) is 60.2 Å². The number of anilines is 3. The molecule has 30 heavy (non-hydrogen) atoms. The van der Waals surface area contributed by atoms with Crippen molar-refractivity contribution >= 4 is 17.5 Å². The standard InChI is InChI=1S/C21H21F3N4O2/c1-30-18-9-8-15(12-16(18)21(22,23)24)26-19-13-17(14-6-3-2-4-7-14)27-20(28-19)25-10-5-11-29/h2-4,6-9,12-13,29H,5,10-11H2,1H3,(H2,25,26,27,28). The number of aliphatic hydroxyl groups excluding tert-OH is 1. The second-order valence-corrected chi connectivity index (χ2v) is 6.37. The van der Waals surface area contributed by atoms with Gasteiger partial charge in [-0.1, -0.05) is 30.3 Å². The summed E-state index contributed by atoms with van der Waals surface area (Å²) in [5, 5.41) is 14.9. The fraction of sp³-hybridized carbons (Fsp3) is 0.238. The molecule has 0 saturated carbocycles. The number of aliphatic hydroxyl groups is 1. The van der Waals surface area contributed by atoms with Crippen LogP contribution >= 0.6 is 0 Å². The Morgan fingerprint density at radius 3 is 2.47 bits per heavy atom. The molecule has 1 aromatic heterocycles. The van der Waals surface area contributed by atoms with Crippen molar-refractivity contribution in [2.24, 2.45) is 0 Å². The molecule has 2 aromatic carbocycles. The first-order chi connectivity index (χ1) is 14.4. The molecule has 3 rings (SSSR count). The summed E-state index contributed by atoms with van der Waals surface area (Å²) in [6, 6.07) is 14.7. The normalized spacial score (nSPS) is 11.2. The van der Waals surface area contributed by atoms with Gasteiger partial charge in [0.15, 0.2) is 0 Å². The lowest BCUT2D eigenvalue weighted by atomic mass is 10.1. The van der Waals surface area contributed by atoms with Crippen LogP contribution in [0.1, 0.15) is 12.0 Å². The molecule has 0 aliphatic rings. The van der Waals surface area contributed by atoms with E-state index in [9.17, 15) is 13.2 Å². The predicted molar refractivity (Wildman–Crippen MR) is 109 cm³/mol. The molecule has 1 heterocycles. The zero-order valence-corrected chi connectivity index (χ0v) is 16.2. The van der Waals surface area contributed by atoms with Crippen LogP contribution in [-0.2, 0) is 6.18 Å². The van der Waals surface area contributed by atoms with E-state index in [1.165, 1.54) is 19.2 Å². The average molecular weight is 418 g/mol. The quantitative estimate of drug-likeness (QED) is 0.460. The summed E-state index contributed by atoms with van der Waals surface area (Å²) in [6.45, 7) is 0.470. The summed E-state index contributed by atoms with van der Waals surface area (Å²) in [4.78, 5) is 8.79. The largest absolute Gasteiger partial charge is 0.496 e. The third-order valence-electron chi connectivity index (χ3n) is 4.19. The number of rotatable bonds is 8. The van der Waals surface area contributed by atoms with E-state index < -0.39 is 11.7 Å². The highest BCUT2D eigenvalue weighted by molar-refractivity contribution is 5.68. The van der Waals surface area contributed by atoms with E-state index in [1.807, 2.05) is 30.3 Å². The minimum absolute atomic E-state index is 0.0164. The number of aromatic nitrogens is 2. The van der Waals surface area contributed by atoms with E-state index in [2.05, 4.69) is 20.6 Å². The van der Waals surface area contributed by atoms with Gasteiger partial charge in [-0.2, -0.15) is 18.2 Å². The Labute approximate surface area is 171 Å². The third-order valence-corrected chi connectivity index (χ3v) is 4.19. The van der Waals surface area contributed by atoms with Gasteiger partial charge in [-0.3, -0.25) is 0 Å². The minimum Gasteiger partial charge on any atom is -0.496 e. The number of benzene rings is 2. The van der Waals surface area contributed by atoms with E-state index in [1.54, 1.807) is 6.07 Å². The molecule has 0 amide bonds. The maximum atomic E-state index is 13.3. The number of ether oxygens (including phenoxy) is 1. The highest BCUT2D eigenvalue weighted by Gasteiger charge is 2.34. The van der Waals surface area contributed by atoms with Crippen LogP contribution in [0.5, 0.6) is 5.75 Å².